The van der Waals surface area contributed by atoms with E-state index in [0.717, 1.165) is 13.0 Å². The molecule has 1 heterocycles. The van der Waals surface area contributed by atoms with E-state index < -0.39 is 9.53 Å². The van der Waals surface area contributed by atoms with E-state index in [0.29, 0.717) is 25.9 Å². The summed E-state index contributed by atoms with van der Waals surface area (Å²) in [6.45, 7) is 2.88. The van der Waals surface area contributed by atoms with Crippen molar-refractivity contribution >= 4 is 9.53 Å². The van der Waals surface area contributed by atoms with Crippen LogP contribution in [0.1, 0.15) is 6.42 Å². The highest BCUT2D eigenvalue weighted by molar-refractivity contribution is 6.36. The Morgan fingerprint density at radius 1 is 1.29 bits per heavy atom. The average Bonchev–Trinajstić information content (AvgIpc) is 3.01. The topological polar surface area (TPSA) is 49.5 Å². The first-order valence-electron chi connectivity index (χ1n) is 4.73. The second kappa shape index (κ2) is 7.33. The molecular weight excluding hydrogens is 204 g/mol. The maximum Gasteiger partial charge on any atom is 0.483 e. The number of ether oxygens (including phenoxy) is 2. The Morgan fingerprint density at radius 3 is 2.57 bits per heavy atom. The quantitative estimate of drug-likeness (QED) is 0.308. The summed E-state index contributed by atoms with van der Waals surface area (Å²) < 4.78 is 25.7. The maximum atomic E-state index is 5.35. The lowest BCUT2D eigenvalue weighted by Gasteiger charge is -2.11. The van der Waals surface area contributed by atoms with E-state index >= 15 is 0 Å². The number of epoxide rings is 1. The minimum atomic E-state index is -1.83. The lowest BCUT2D eigenvalue weighted by molar-refractivity contribution is 0.0872. The highest BCUT2D eigenvalue weighted by atomic mass is 28.3. The molecule has 1 atom stereocenters. The molecule has 0 radical (unpaired) electrons. The Balaban J connectivity index is 1.78. The summed E-state index contributed by atoms with van der Waals surface area (Å²) in [4.78, 5) is 0. The Kier molecular flexibility index (Phi) is 6.33. The zero-order valence-corrected chi connectivity index (χ0v) is 9.89. The molecule has 6 heteroatoms. The van der Waals surface area contributed by atoms with Crippen molar-refractivity contribution in [2.24, 2.45) is 0 Å². The van der Waals surface area contributed by atoms with Crippen LogP contribution in [0.2, 0.25) is 0 Å². The zero-order chi connectivity index (χ0) is 10.2. The van der Waals surface area contributed by atoms with Gasteiger partial charge in [0.1, 0.15) is 6.10 Å². The summed E-state index contributed by atoms with van der Waals surface area (Å²) in [5.41, 5.74) is 0. The molecule has 0 aromatic rings. The van der Waals surface area contributed by atoms with Crippen LogP contribution in [0.25, 0.3) is 0 Å². The third kappa shape index (κ3) is 5.69. The van der Waals surface area contributed by atoms with E-state index in [1.54, 1.807) is 14.2 Å². The van der Waals surface area contributed by atoms with E-state index in [4.69, 9.17) is 22.8 Å². The van der Waals surface area contributed by atoms with Crippen LogP contribution in [-0.2, 0) is 22.8 Å². The van der Waals surface area contributed by atoms with Gasteiger partial charge >= 0.3 is 9.53 Å². The van der Waals surface area contributed by atoms with Gasteiger partial charge in [0, 0.05) is 27.4 Å². The predicted molar refractivity (Wildman–Crippen MR) is 52.3 cm³/mol. The number of rotatable bonds is 9. The second-order valence-corrected chi connectivity index (χ2v) is 4.87. The lowest BCUT2D eigenvalue weighted by atomic mass is 10.5. The highest BCUT2D eigenvalue weighted by Gasteiger charge is 2.21. The monoisotopic (exact) mass is 222 g/mol. The molecular formula is C8H18O5Si. The van der Waals surface area contributed by atoms with Crippen molar-refractivity contribution in [3.05, 3.63) is 0 Å². The van der Waals surface area contributed by atoms with E-state index in [1.807, 2.05) is 0 Å². The molecule has 0 aromatic heterocycles. The first-order chi connectivity index (χ1) is 6.86. The molecule has 14 heavy (non-hydrogen) atoms. The minimum absolute atomic E-state index is 0.344. The molecule has 0 N–H and O–H groups in total. The Hall–Kier alpha value is 0.0169. The standard InChI is InChI=1S/C8H18O5Si/c1-9-14(10-2)13-5-3-4-11-6-8-7-12-8/h8,14H,3-7H2,1-2H3. The van der Waals surface area contributed by atoms with Crippen LogP contribution in [0.5, 0.6) is 0 Å². The van der Waals surface area contributed by atoms with Gasteiger partial charge in [-0.25, -0.2) is 0 Å². The van der Waals surface area contributed by atoms with Gasteiger partial charge in [0.15, 0.2) is 0 Å². The van der Waals surface area contributed by atoms with Crippen LogP contribution < -0.4 is 0 Å². The summed E-state index contributed by atoms with van der Waals surface area (Å²) >= 11 is 0. The highest BCUT2D eigenvalue weighted by Crippen LogP contribution is 2.08. The van der Waals surface area contributed by atoms with E-state index in [9.17, 15) is 0 Å². The van der Waals surface area contributed by atoms with Crippen LogP contribution >= 0.6 is 0 Å². The molecule has 1 aliphatic heterocycles. The molecule has 0 aliphatic carbocycles. The van der Waals surface area contributed by atoms with Gasteiger partial charge in [-0.05, 0) is 6.42 Å². The molecule has 1 aliphatic rings. The van der Waals surface area contributed by atoms with Crippen LogP contribution in [0.4, 0.5) is 0 Å². The third-order valence-corrected chi connectivity index (χ3v) is 3.06. The fourth-order valence-electron chi connectivity index (χ4n) is 0.952. The fraction of sp³-hybridized carbons (Fsp3) is 1.00. The summed E-state index contributed by atoms with van der Waals surface area (Å²) in [6, 6.07) is 0. The molecule has 0 aromatic carbocycles. The van der Waals surface area contributed by atoms with Crippen LogP contribution in [0.3, 0.4) is 0 Å². The van der Waals surface area contributed by atoms with Gasteiger partial charge in [0.25, 0.3) is 0 Å². The molecule has 0 bridgehead atoms. The van der Waals surface area contributed by atoms with E-state index in [-0.39, 0.29) is 0 Å². The van der Waals surface area contributed by atoms with Crippen molar-refractivity contribution in [1.29, 1.82) is 0 Å². The van der Waals surface area contributed by atoms with Crippen LogP contribution in [0, 0.1) is 0 Å². The maximum absolute atomic E-state index is 5.35. The number of hydrogen-bond donors (Lipinski definition) is 0. The van der Waals surface area contributed by atoms with Crippen molar-refractivity contribution in [3.8, 4) is 0 Å². The predicted octanol–water partition coefficient (Wildman–Crippen LogP) is -0.181. The molecule has 5 nitrogen and oxygen atoms in total. The van der Waals surface area contributed by atoms with Gasteiger partial charge < -0.3 is 22.8 Å². The Bertz CT molecular complexity index is 138. The zero-order valence-electron chi connectivity index (χ0n) is 8.73. The van der Waals surface area contributed by atoms with Crippen LogP contribution in [0.15, 0.2) is 0 Å². The normalized spacial score (nSPS) is 20.4. The van der Waals surface area contributed by atoms with Crippen molar-refractivity contribution in [1.82, 2.24) is 0 Å². The summed E-state index contributed by atoms with van der Waals surface area (Å²) in [6.07, 6.45) is 1.21. The van der Waals surface area contributed by atoms with Gasteiger partial charge in [-0.15, -0.1) is 0 Å². The molecule has 0 amide bonds. The fourth-order valence-corrected chi connectivity index (χ4v) is 1.78. The molecule has 84 valence electrons. The van der Waals surface area contributed by atoms with Crippen molar-refractivity contribution in [2.45, 2.75) is 12.5 Å². The first-order valence-corrected chi connectivity index (χ1v) is 6.14. The van der Waals surface area contributed by atoms with Crippen LogP contribution in [-0.4, -0.2) is 56.3 Å². The Labute approximate surface area is 86.2 Å². The van der Waals surface area contributed by atoms with Crippen molar-refractivity contribution in [3.63, 3.8) is 0 Å². The molecule has 0 saturated carbocycles. The van der Waals surface area contributed by atoms with Gasteiger partial charge in [-0.2, -0.15) is 0 Å². The average molecular weight is 222 g/mol. The Morgan fingerprint density at radius 2 is 2.00 bits per heavy atom. The van der Waals surface area contributed by atoms with Gasteiger partial charge in [0.2, 0.25) is 0 Å². The molecule has 0 spiro atoms. The second-order valence-electron chi connectivity index (χ2n) is 3.01. The van der Waals surface area contributed by atoms with Gasteiger partial charge in [-0.3, -0.25) is 0 Å². The van der Waals surface area contributed by atoms with E-state index in [1.165, 1.54) is 0 Å². The SMILES string of the molecule is CO[SiH](OC)OCCCOCC1CO1. The molecule has 1 unspecified atom stereocenters. The summed E-state index contributed by atoms with van der Waals surface area (Å²) in [7, 11) is 1.37. The van der Waals surface area contributed by atoms with Crippen molar-refractivity contribution in [2.75, 3.05) is 40.6 Å². The van der Waals surface area contributed by atoms with Gasteiger partial charge in [-0.1, -0.05) is 0 Å². The summed E-state index contributed by atoms with van der Waals surface area (Å²) in [5, 5.41) is 0. The largest absolute Gasteiger partial charge is 0.483 e. The smallest absolute Gasteiger partial charge is 0.379 e. The third-order valence-electron chi connectivity index (χ3n) is 1.78. The van der Waals surface area contributed by atoms with Gasteiger partial charge in [0.05, 0.1) is 13.2 Å². The van der Waals surface area contributed by atoms with E-state index in [2.05, 4.69) is 0 Å². The van der Waals surface area contributed by atoms with Crippen molar-refractivity contribution < 1.29 is 22.8 Å². The molecule has 1 rings (SSSR count). The number of hydrogen-bond acceptors (Lipinski definition) is 5. The first kappa shape index (κ1) is 12.1. The molecule has 1 fully saturated rings. The molecule has 1 saturated heterocycles. The summed E-state index contributed by atoms with van der Waals surface area (Å²) in [5.74, 6) is 0. The minimum Gasteiger partial charge on any atom is -0.379 e. The lowest BCUT2D eigenvalue weighted by Crippen LogP contribution is -2.24.